The van der Waals surface area contributed by atoms with Crippen LogP contribution in [0, 0.1) is 29.6 Å². The van der Waals surface area contributed by atoms with Crippen molar-refractivity contribution < 1.29 is 23.7 Å². The Bertz CT molecular complexity index is 1120. The van der Waals surface area contributed by atoms with Crippen molar-refractivity contribution >= 4 is 5.97 Å². The summed E-state index contributed by atoms with van der Waals surface area (Å²) in [5.41, 5.74) is 4.21. The van der Waals surface area contributed by atoms with Gasteiger partial charge >= 0.3 is 5.97 Å². The van der Waals surface area contributed by atoms with E-state index in [9.17, 15) is 4.79 Å². The van der Waals surface area contributed by atoms with Crippen LogP contribution in [0.3, 0.4) is 0 Å². The molecular formula is C31H36O5. The van der Waals surface area contributed by atoms with E-state index in [0.717, 1.165) is 40.2 Å². The summed E-state index contributed by atoms with van der Waals surface area (Å²) in [6, 6.07) is 14.2. The van der Waals surface area contributed by atoms with Gasteiger partial charge in [-0.15, -0.1) is 0 Å². The van der Waals surface area contributed by atoms with Crippen LogP contribution in [0.2, 0.25) is 0 Å². The highest BCUT2D eigenvalue weighted by molar-refractivity contribution is 5.66. The number of esters is 1. The molecule has 4 saturated carbocycles. The molecule has 4 bridgehead atoms. The average molecular weight is 489 g/mol. The van der Waals surface area contributed by atoms with Gasteiger partial charge in [-0.2, -0.15) is 0 Å². The van der Waals surface area contributed by atoms with Crippen molar-refractivity contribution in [1.29, 1.82) is 0 Å². The van der Waals surface area contributed by atoms with E-state index < -0.39 is 0 Å². The molecule has 0 N–H and O–H groups in total. The molecule has 1 unspecified atom stereocenters. The van der Waals surface area contributed by atoms with Gasteiger partial charge in [-0.1, -0.05) is 30.0 Å². The maximum Gasteiger partial charge on any atom is 0.302 e. The van der Waals surface area contributed by atoms with Gasteiger partial charge in [0, 0.05) is 36.3 Å². The fourth-order valence-corrected chi connectivity index (χ4v) is 6.94. The van der Waals surface area contributed by atoms with Crippen molar-refractivity contribution in [2.24, 2.45) is 17.8 Å². The first-order valence-electron chi connectivity index (χ1n) is 13.1. The van der Waals surface area contributed by atoms with Crippen LogP contribution >= 0.6 is 0 Å². The summed E-state index contributed by atoms with van der Waals surface area (Å²) in [6.45, 7) is 3.67. The maximum absolute atomic E-state index is 11.3. The molecule has 4 aliphatic carbocycles. The van der Waals surface area contributed by atoms with Gasteiger partial charge < -0.3 is 18.9 Å². The minimum absolute atomic E-state index is 0.156. The Morgan fingerprint density at radius 1 is 1.03 bits per heavy atom. The molecule has 2 aromatic rings. The maximum atomic E-state index is 11.3. The molecule has 4 fully saturated rings. The molecular weight excluding hydrogens is 452 g/mol. The molecule has 0 aliphatic heterocycles. The predicted octanol–water partition coefficient (Wildman–Crippen LogP) is 5.96. The van der Waals surface area contributed by atoms with Gasteiger partial charge in [-0.3, -0.25) is 4.79 Å². The van der Waals surface area contributed by atoms with E-state index in [2.05, 4.69) is 24.0 Å². The molecule has 1 atom stereocenters. The van der Waals surface area contributed by atoms with Crippen molar-refractivity contribution in [2.45, 2.75) is 70.7 Å². The Morgan fingerprint density at radius 3 is 2.39 bits per heavy atom. The molecule has 2 aromatic carbocycles. The minimum Gasteiger partial charge on any atom is -0.467 e. The van der Waals surface area contributed by atoms with Crippen LogP contribution in [-0.4, -0.2) is 26.2 Å². The molecule has 5 nitrogen and oxygen atoms in total. The second-order valence-electron chi connectivity index (χ2n) is 10.8. The third-order valence-corrected chi connectivity index (χ3v) is 8.23. The first-order valence-corrected chi connectivity index (χ1v) is 13.1. The summed E-state index contributed by atoms with van der Waals surface area (Å²) in [5.74, 6) is 9.79. The quantitative estimate of drug-likeness (QED) is 0.261. The van der Waals surface area contributed by atoms with E-state index in [1.54, 1.807) is 7.11 Å². The number of rotatable bonds is 8. The van der Waals surface area contributed by atoms with Crippen LogP contribution in [0.25, 0.3) is 0 Å². The molecule has 0 aromatic heterocycles. The van der Waals surface area contributed by atoms with E-state index >= 15 is 0 Å². The summed E-state index contributed by atoms with van der Waals surface area (Å²) in [6.07, 6.45) is 7.59. The van der Waals surface area contributed by atoms with Gasteiger partial charge in [0.2, 0.25) is 0 Å². The first-order chi connectivity index (χ1) is 17.4. The number of methoxy groups -OCH3 is 1. The van der Waals surface area contributed by atoms with Crippen molar-refractivity contribution in [3.63, 3.8) is 0 Å². The SMILES string of the molecule is COC(C)OCOc1ccc(C#Cc2ccccc2COC(C)=O)cc1C12CC3CC(CC(C3)C1)C2. The van der Waals surface area contributed by atoms with Crippen LogP contribution in [0.5, 0.6) is 5.75 Å². The smallest absolute Gasteiger partial charge is 0.302 e. The van der Waals surface area contributed by atoms with Gasteiger partial charge in [0.05, 0.1) is 0 Å². The van der Waals surface area contributed by atoms with Gasteiger partial charge in [0.1, 0.15) is 12.4 Å². The van der Waals surface area contributed by atoms with Crippen molar-refractivity contribution in [1.82, 2.24) is 0 Å². The van der Waals surface area contributed by atoms with Gasteiger partial charge in [-0.05, 0) is 92.9 Å². The highest BCUT2D eigenvalue weighted by Gasteiger charge is 2.52. The molecule has 0 saturated heterocycles. The molecule has 6 rings (SSSR count). The lowest BCUT2D eigenvalue weighted by atomic mass is 9.48. The number of carbonyl (C=O) groups excluding carboxylic acids is 1. The van der Waals surface area contributed by atoms with Crippen molar-refractivity contribution in [3.8, 4) is 17.6 Å². The molecule has 0 amide bonds. The van der Waals surface area contributed by atoms with E-state index in [4.69, 9.17) is 18.9 Å². The molecule has 4 aliphatic rings. The predicted molar refractivity (Wildman–Crippen MR) is 137 cm³/mol. The normalized spacial score (nSPS) is 26.7. The van der Waals surface area contributed by atoms with Crippen LogP contribution in [0.15, 0.2) is 42.5 Å². The molecule has 5 heteroatoms. The lowest BCUT2D eigenvalue weighted by molar-refractivity contribution is -0.150. The summed E-state index contributed by atoms with van der Waals surface area (Å²) >= 11 is 0. The standard InChI is InChI=1S/C31H36O5/c1-21(32)34-19-28-7-5-4-6-27(28)10-8-23-9-11-30(36-20-35-22(2)33-3)29(15-23)31-16-24-12-25(17-31)14-26(13-24)18-31/h4-7,9,11,15,22,24-26H,12-14,16-20H2,1-3H3. The Kier molecular flexibility index (Phi) is 7.37. The molecule has 0 heterocycles. The summed E-state index contributed by atoms with van der Waals surface area (Å²) < 4.78 is 22.3. The lowest BCUT2D eigenvalue weighted by Gasteiger charge is -2.57. The Hall–Kier alpha value is -2.81. The largest absolute Gasteiger partial charge is 0.467 e. The number of hydrogen-bond acceptors (Lipinski definition) is 5. The summed E-state index contributed by atoms with van der Waals surface area (Å²) in [4.78, 5) is 11.3. The Labute approximate surface area is 214 Å². The second kappa shape index (κ2) is 10.7. The molecule has 190 valence electrons. The zero-order chi connectivity index (χ0) is 25.1. The fraction of sp³-hybridized carbons (Fsp3) is 0.516. The van der Waals surface area contributed by atoms with Crippen LogP contribution in [0.4, 0.5) is 0 Å². The van der Waals surface area contributed by atoms with Crippen molar-refractivity contribution in [3.05, 3.63) is 64.7 Å². The zero-order valence-electron chi connectivity index (χ0n) is 21.5. The Balaban J connectivity index is 1.45. The Morgan fingerprint density at radius 2 is 1.72 bits per heavy atom. The van der Waals surface area contributed by atoms with Crippen molar-refractivity contribution in [2.75, 3.05) is 13.9 Å². The zero-order valence-corrected chi connectivity index (χ0v) is 21.5. The van der Waals surface area contributed by atoms with E-state index in [1.165, 1.54) is 51.0 Å². The van der Waals surface area contributed by atoms with Gasteiger partial charge in [-0.25, -0.2) is 0 Å². The number of benzene rings is 2. The highest BCUT2D eigenvalue weighted by atomic mass is 16.7. The summed E-state index contributed by atoms with van der Waals surface area (Å²) in [5, 5.41) is 0. The van der Waals surface area contributed by atoms with Gasteiger partial charge in [0.25, 0.3) is 0 Å². The topological polar surface area (TPSA) is 54.0 Å². The van der Waals surface area contributed by atoms with Crippen LogP contribution in [-0.2, 0) is 31.0 Å². The van der Waals surface area contributed by atoms with E-state index in [1.807, 2.05) is 37.3 Å². The molecule has 0 spiro atoms. The fourth-order valence-electron chi connectivity index (χ4n) is 6.94. The first kappa shape index (κ1) is 24.9. The molecule has 0 radical (unpaired) electrons. The monoisotopic (exact) mass is 488 g/mol. The third kappa shape index (κ3) is 5.45. The number of carbonyl (C=O) groups is 1. The van der Waals surface area contributed by atoms with Crippen LogP contribution < -0.4 is 4.74 Å². The lowest BCUT2D eigenvalue weighted by Crippen LogP contribution is -2.48. The molecule has 36 heavy (non-hydrogen) atoms. The third-order valence-electron chi connectivity index (χ3n) is 8.23. The number of ether oxygens (including phenoxy) is 4. The number of hydrogen-bond donors (Lipinski definition) is 0. The van der Waals surface area contributed by atoms with E-state index in [-0.39, 0.29) is 31.1 Å². The van der Waals surface area contributed by atoms with Crippen LogP contribution in [0.1, 0.15) is 74.6 Å². The minimum atomic E-state index is -0.315. The van der Waals surface area contributed by atoms with Gasteiger partial charge in [0.15, 0.2) is 13.1 Å². The average Bonchev–Trinajstić information content (AvgIpc) is 2.86. The second-order valence-corrected chi connectivity index (χ2v) is 10.8. The highest BCUT2D eigenvalue weighted by Crippen LogP contribution is 2.61. The summed E-state index contributed by atoms with van der Waals surface area (Å²) in [7, 11) is 1.63. The van der Waals surface area contributed by atoms with E-state index in [0.29, 0.717) is 0 Å².